The Balaban J connectivity index is 1.74. The third kappa shape index (κ3) is 4.01. The van der Waals surface area contributed by atoms with Crippen LogP contribution >= 0.6 is 0 Å². The van der Waals surface area contributed by atoms with E-state index in [0.29, 0.717) is 16.8 Å². The van der Waals surface area contributed by atoms with Gasteiger partial charge in [-0.15, -0.1) is 0 Å². The number of nitrogens with zero attached hydrogens (tertiary/aromatic N) is 2. The van der Waals surface area contributed by atoms with Crippen molar-refractivity contribution in [2.75, 3.05) is 4.72 Å². The average molecular weight is 362 g/mol. The molecule has 3 rings (SSSR count). The molecule has 0 bridgehead atoms. The van der Waals surface area contributed by atoms with Gasteiger partial charge in [0, 0.05) is 24.8 Å². The van der Waals surface area contributed by atoms with E-state index in [1.165, 1.54) is 17.1 Å². The quantitative estimate of drug-likeness (QED) is 0.853. The van der Waals surface area contributed by atoms with E-state index < -0.39 is 10.0 Å². The molecule has 1 amide bonds. The Morgan fingerprint density at radius 3 is 2.60 bits per heavy atom. The van der Waals surface area contributed by atoms with Gasteiger partial charge in [0.1, 0.15) is 4.90 Å². The van der Waals surface area contributed by atoms with E-state index in [1.807, 2.05) is 0 Å². The van der Waals surface area contributed by atoms with E-state index in [9.17, 15) is 13.2 Å². The molecular formula is C17H22N4O3S. The van der Waals surface area contributed by atoms with Crippen LogP contribution < -0.4 is 10.0 Å². The van der Waals surface area contributed by atoms with Crippen LogP contribution in [-0.4, -0.2) is 30.1 Å². The molecule has 1 aromatic heterocycles. The number of amides is 1. The summed E-state index contributed by atoms with van der Waals surface area (Å²) in [6.07, 6.45) is 7.07. The number of aryl methyl sites for hydroxylation is 2. The maximum atomic E-state index is 12.4. The van der Waals surface area contributed by atoms with Gasteiger partial charge in [-0.2, -0.15) is 5.10 Å². The Morgan fingerprint density at radius 1 is 1.28 bits per heavy atom. The molecule has 1 aliphatic carbocycles. The number of nitrogens with one attached hydrogen (secondary N) is 2. The Morgan fingerprint density at radius 2 is 2.00 bits per heavy atom. The Labute approximate surface area is 147 Å². The first-order valence-electron chi connectivity index (χ1n) is 8.28. The normalized spacial score (nSPS) is 15.3. The van der Waals surface area contributed by atoms with Gasteiger partial charge in [0.05, 0.1) is 11.9 Å². The van der Waals surface area contributed by atoms with Crippen molar-refractivity contribution in [2.24, 2.45) is 7.05 Å². The average Bonchev–Trinajstić information content (AvgIpc) is 3.21. The summed E-state index contributed by atoms with van der Waals surface area (Å²) in [7, 11) is -2.05. The van der Waals surface area contributed by atoms with Crippen LogP contribution in [0.25, 0.3) is 0 Å². The van der Waals surface area contributed by atoms with Crippen molar-refractivity contribution in [2.45, 2.75) is 43.5 Å². The minimum absolute atomic E-state index is 0.0949. The summed E-state index contributed by atoms with van der Waals surface area (Å²) in [6.45, 7) is 1.77. The van der Waals surface area contributed by atoms with Gasteiger partial charge in [-0.05, 0) is 43.5 Å². The van der Waals surface area contributed by atoms with Crippen LogP contribution in [0.3, 0.4) is 0 Å². The molecule has 0 atom stereocenters. The SMILES string of the molecule is Cc1cc(C(=O)NC2CCCC2)ccc1NS(=O)(=O)c1cnn(C)c1. The molecule has 134 valence electrons. The van der Waals surface area contributed by atoms with Gasteiger partial charge in [-0.3, -0.25) is 14.2 Å². The van der Waals surface area contributed by atoms with Gasteiger partial charge in [0.25, 0.3) is 15.9 Å². The number of carbonyl (C=O) groups is 1. The zero-order chi connectivity index (χ0) is 18.0. The van der Waals surface area contributed by atoms with Gasteiger partial charge >= 0.3 is 0 Å². The maximum absolute atomic E-state index is 12.4. The molecule has 2 N–H and O–H groups in total. The molecule has 1 saturated carbocycles. The summed E-state index contributed by atoms with van der Waals surface area (Å²) in [6, 6.07) is 5.20. The highest BCUT2D eigenvalue weighted by Crippen LogP contribution is 2.22. The van der Waals surface area contributed by atoms with E-state index in [-0.39, 0.29) is 16.8 Å². The van der Waals surface area contributed by atoms with Crippen molar-refractivity contribution >= 4 is 21.6 Å². The van der Waals surface area contributed by atoms with Crippen molar-refractivity contribution in [3.05, 3.63) is 41.7 Å². The number of sulfonamides is 1. The van der Waals surface area contributed by atoms with Gasteiger partial charge in [0.15, 0.2) is 0 Å². The summed E-state index contributed by atoms with van der Waals surface area (Å²) in [5, 5.41) is 6.91. The molecule has 7 nitrogen and oxygen atoms in total. The predicted molar refractivity (Wildman–Crippen MR) is 94.9 cm³/mol. The third-order valence-corrected chi connectivity index (χ3v) is 5.73. The van der Waals surface area contributed by atoms with E-state index in [1.54, 1.807) is 32.2 Å². The topological polar surface area (TPSA) is 93.1 Å². The Bertz CT molecular complexity index is 883. The number of rotatable bonds is 5. The molecule has 1 heterocycles. The lowest BCUT2D eigenvalue weighted by molar-refractivity contribution is 0.0938. The van der Waals surface area contributed by atoms with Crippen molar-refractivity contribution in [3.63, 3.8) is 0 Å². The van der Waals surface area contributed by atoms with Crippen molar-refractivity contribution < 1.29 is 13.2 Å². The smallest absolute Gasteiger partial charge is 0.265 e. The van der Waals surface area contributed by atoms with E-state index in [2.05, 4.69) is 15.1 Å². The predicted octanol–water partition coefficient (Wildman–Crippen LogP) is 2.20. The van der Waals surface area contributed by atoms with Crippen LogP contribution in [0.15, 0.2) is 35.5 Å². The van der Waals surface area contributed by atoms with Gasteiger partial charge in [0.2, 0.25) is 0 Å². The first kappa shape index (κ1) is 17.5. The van der Waals surface area contributed by atoms with Crippen molar-refractivity contribution in [1.82, 2.24) is 15.1 Å². The van der Waals surface area contributed by atoms with Crippen molar-refractivity contribution in [3.8, 4) is 0 Å². The second kappa shape index (κ2) is 6.87. The number of hydrogen-bond acceptors (Lipinski definition) is 4. The first-order valence-corrected chi connectivity index (χ1v) is 9.76. The highest BCUT2D eigenvalue weighted by molar-refractivity contribution is 7.92. The molecule has 25 heavy (non-hydrogen) atoms. The number of carbonyl (C=O) groups excluding carboxylic acids is 1. The van der Waals surface area contributed by atoms with Crippen LogP contribution in [0.4, 0.5) is 5.69 Å². The lowest BCUT2D eigenvalue weighted by Gasteiger charge is -2.14. The second-order valence-corrected chi connectivity index (χ2v) is 8.12. The number of hydrogen-bond donors (Lipinski definition) is 2. The Kier molecular flexibility index (Phi) is 4.80. The lowest BCUT2D eigenvalue weighted by atomic mass is 10.1. The largest absolute Gasteiger partial charge is 0.349 e. The van der Waals surface area contributed by atoms with Crippen LogP contribution in [0.2, 0.25) is 0 Å². The van der Waals surface area contributed by atoms with E-state index in [0.717, 1.165) is 25.7 Å². The molecule has 0 saturated heterocycles. The van der Waals surface area contributed by atoms with Crippen LogP contribution in [0.5, 0.6) is 0 Å². The van der Waals surface area contributed by atoms with Gasteiger partial charge < -0.3 is 5.32 Å². The molecular weight excluding hydrogens is 340 g/mol. The molecule has 1 aliphatic rings. The highest BCUT2D eigenvalue weighted by atomic mass is 32.2. The summed E-state index contributed by atoms with van der Waals surface area (Å²) >= 11 is 0. The standard InChI is InChI=1S/C17H22N4O3S/c1-12-9-13(17(22)19-14-5-3-4-6-14)7-8-16(12)20-25(23,24)15-10-18-21(2)11-15/h7-11,14,20H,3-6H2,1-2H3,(H,19,22). The van der Waals surface area contributed by atoms with Gasteiger partial charge in [-0.25, -0.2) is 8.42 Å². The summed E-state index contributed by atoms with van der Waals surface area (Å²) in [5.74, 6) is -0.114. The van der Waals surface area contributed by atoms with E-state index in [4.69, 9.17) is 0 Å². The minimum atomic E-state index is -3.70. The molecule has 0 unspecified atom stereocenters. The highest BCUT2D eigenvalue weighted by Gasteiger charge is 2.20. The summed E-state index contributed by atoms with van der Waals surface area (Å²) in [4.78, 5) is 12.4. The Hall–Kier alpha value is -2.35. The number of benzene rings is 1. The monoisotopic (exact) mass is 362 g/mol. The zero-order valence-corrected chi connectivity index (χ0v) is 15.1. The van der Waals surface area contributed by atoms with Crippen LogP contribution in [0, 0.1) is 6.92 Å². The fourth-order valence-electron chi connectivity index (χ4n) is 3.00. The van der Waals surface area contributed by atoms with Crippen LogP contribution in [0.1, 0.15) is 41.6 Å². The minimum Gasteiger partial charge on any atom is -0.349 e. The molecule has 0 spiro atoms. The number of aromatic nitrogens is 2. The van der Waals surface area contributed by atoms with Crippen molar-refractivity contribution in [1.29, 1.82) is 0 Å². The molecule has 1 aromatic carbocycles. The third-order valence-electron chi connectivity index (χ3n) is 4.41. The molecule has 1 fully saturated rings. The van der Waals surface area contributed by atoms with Gasteiger partial charge in [-0.1, -0.05) is 12.8 Å². The first-order chi connectivity index (χ1) is 11.8. The fraction of sp³-hybridized carbons (Fsp3) is 0.412. The summed E-state index contributed by atoms with van der Waals surface area (Å²) < 4.78 is 28.7. The maximum Gasteiger partial charge on any atom is 0.265 e. The summed E-state index contributed by atoms with van der Waals surface area (Å²) in [5.41, 5.74) is 1.67. The second-order valence-electron chi connectivity index (χ2n) is 6.44. The number of anilines is 1. The van der Waals surface area contributed by atoms with Crippen LogP contribution in [-0.2, 0) is 17.1 Å². The molecule has 0 aliphatic heterocycles. The fourth-order valence-corrected chi connectivity index (χ4v) is 4.11. The van der Waals surface area contributed by atoms with E-state index >= 15 is 0 Å². The molecule has 0 radical (unpaired) electrons. The lowest BCUT2D eigenvalue weighted by Crippen LogP contribution is -2.32. The molecule has 2 aromatic rings. The molecule has 8 heteroatoms. The zero-order valence-electron chi connectivity index (χ0n) is 14.3.